The summed E-state index contributed by atoms with van der Waals surface area (Å²) in [5.74, 6) is -0.262. The number of hydrogen-bond acceptors (Lipinski definition) is 5. The Labute approximate surface area is 140 Å². The zero-order chi connectivity index (χ0) is 17.4. The number of nitrogens with zero attached hydrogens (tertiary/aromatic N) is 1. The fraction of sp³-hybridized carbons (Fsp3) is 0.400. The third-order valence-electron chi connectivity index (χ3n) is 2.68. The molecule has 0 unspecified atom stereocenters. The summed E-state index contributed by atoms with van der Waals surface area (Å²) in [6.07, 6.45) is 0. The van der Waals surface area contributed by atoms with Gasteiger partial charge in [-0.1, -0.05) is 0 Å². The SMILES string of the molecule is COc1cc(/C(C)=N\NC(=S)NC(C)C)ccc1OCC(=O)O. The van der Waals surface area contributed by atoms with Gasteiger partial charge >= 0.3 is 5.97 Å². The van der Waals surface area contributed by atoms with Gasteiger partial charge in [-0.05, 0) is 51.2 Å². The summed E-state index contributed by atoms with van der Waals surface area (Å²) in [6, 6.07) is 5.34. The number of thiocarbonyl (C=S) groups is 1. The van der Waals surface area contributed by atoms with Crippen molar-refractivity contribution >= 4 is 29.0 Å². The molecule has 0 fully saturated rings. The molecule has 0 bridgehead atoms. The Hall–Kier alpha value is -2.35. The highest BCUT2D eigenvalue weighted by molar-refractivity contribution is 7.80. The van der Waals surface area contributed by atoms with Crippen LogP contribution in [0, 0.1) is 0 Å². The van der Waals surface area contributed by atoms with Crippen molar-refractivity contribution in [2.75, 3.05) is 13.7 Å². The van der Waals surface area contributed by atoms with Crippen molar-refractivity contribution in [2.45, 2.75) is 26.8 Å². The van der Waals surface area contributed by atoms with E-state index in [0.29, 0.717) is 22.3 Å². The van der Waals surface area contributed by atoms with Gasteiger partial charge in [-0.15, -0.1) is 0 Å². The third kappa shape index (κ3) is 6.52. The van der Waals surface area contributed by atoms with Crippen LogP contribution in [0.15, 0.2) is 23.3 Å². The molecule has 0 aliphatic carbocycles. The molecule has 0 spiro atoms. The molecular formula is C15H21N3O4S. The Morgan fingerprint density at radius 3 is 2.65 bits per heavy atom. The number of nitrogens with one attached hydrogen (secondary N) is 2. The summed E-state index contributed by atoms with van der Waals surface area (Å²) in [4.78, 5) is 10.6. The summed E-state index contributed by atoms with van der Waals surface area (Å²) in [7, 11) is 1.49. The summed E-state index contributed by atoms with van der Waals surface area (Å²) in [5, 5.41) is 16.3. The smallest absolute Gasteiger partial charge is 0.341 e. The van der Waals surface area contributed by atoms with Gasteiger partial charge in [0.2, 0.25) is 0 Å². The van der Waals surface area contributed by atoms with Crippen molar-refractivity contribution in [3.05, 3.63) is 23.8 Å². The Kier molecular flexibility index (Phi) is 7.27. The molecule has 7 nitrogen and oxygen atoms in total. The average Bonchev–Trinajstić information content (AvgIpc) is 2.49. The van der Waals surface area contributed by atoms with Crippen molar-refractivity contribution in [1.82, 2.24) is 10.7 Å². The summed E-state index contributed by atoms with van der Waals surface area (Å²) in [6.45, 7) is 5.34. The fourth-order valence-corrected chi connectivity index (χ4v) is 1.93. The van der Waals surface area contributed by atoms with Crippen LogP contribution in [-0.2, 0) is 4.79 Å². The first-order valence-electron chi connectivity index (χ1n) is 6.97. The fourth-order valence-electron chi connectivity index (χ4n) is 1.65. The first kappa shape index (κ1) is 18.7. The molecule has 23 heavy (non-hydrogen) atoms. The molecule has 0 radical (unpaired) electrons. The lowest BCUT2D eigenvalue weighted by molar-refractivity contribution is -0.139. The number of benzene rings is 1. The van der Waals surface area contributed by atoms with E-state index in [1.165, 1.54) is 7.11 Å². The van der Waals surface area contributed by atoms with Crippen molar-refractivity contribution < 1.29 is 19.4 Å². The maximum absolute atomic E-state index is 10.6. The molecule has 1 aromatic rings. The maximum Gasteiger partial charge on any atom is 0.341 e. The minimum atomic E-state index is -1.05. The van der Waals surface area contributed by atoms with E-state index >= 15 is 0 Å². The predicted octanol–water partition coefficient (Wildman–Crippen LogP) is 1.76. The van der Waals surface area contributed by atoms with E-state index in [1.54, 1.807) is 18.2 Å². The molecule has 8 heteroatoms. The Bertz CT molecular complexity index is 602. The molecule has 1 aromatic carbocycles. The van der Waals surface area contributed by atoms with E-state index in [1.807, 2.05) is 20.8 Å². The minimum Gasteiger partial charge on any atom is -0.493 e. The summed E-state index contributed by atoms with van der Waals surface area (Å²) in [5.41, 5.74) is 4.25. The predicted molar refractivity (Wildman–Crippen MR) is 92.3 cm³/mol. The van der Waals surface area contributed by atoms with E-state index < -0.39 is 12.6 Å². The molecule has 0 amide bonds. The second-order valence-electron chi connectivity index (χ2n) is 4.99. The molecule has 0 aromatic heterocycles. The van der Waals surface area contributed by atoms with Crippen molar-refractivity contribution in [3.63, 3.8) is 0 Å². The van der Waals surface area contributed by atoms with Crippen LogP contribution in [0.25, 0.3) is 0 Å². The molecule has 126 valence electrons. The number of carboxylic acid groups (broad SMARTS) is 1. The van der Waals surface area contributed by atoms with Crippen LogP contribution < -0.4 is 20.2 Å². The van der Waals surface area contributed by atoms with Crippen molar-refractivity contribution in [1.29, 1.82) is 0 Å². The lowest BCUT2D eigenvalue weighted by atomic mass is 10.1. The van der Waals surface area contributed by atoms with Gasteiger partial charge in [-0.25, -0.2) is 4.79 Å². The standard InChI is InChI=1S/C15H21N3O4S/c1-9(2)16-15(23)18-17-10(3)11-5-6-12(13(7-11)21-4)22-8-14(19)20/h5-7,9H,8H2,1-4H3,(H,19,20)(H2,16,18,23)/b17-10-. The van der Waals surface area contributed by atoms with E-state index in [0.717, 1.165) is 5.56 Å². The molecular weight excluding hydrogens is 318 g/mol. The molecule has 0 heterocycles. The number of ether oxygens (including phenoxy) is 2. The minimum absolute atomic E-state index is 0.219. The van der Waals surface area contributed by atoms with Crippen LogP contribution in [0.1, 0.15) is 26.3 Å². The first-order chi connectivity index (χ1) is 10.8. The van der Waals surface area contributed by atoms with Gasteiger partial charge in [-0.2, -0.15) is 5.10 Å². The number of carbonyl (C=O) groups is 1. The van der Waals surface area contributed by atoms with Gasteiger partial charge in [0, 0.05) is 11.6 Å². The van der Waals surface area contributed by atoms with E-state index in [-0.39, 0.29) is 6.04 Å². The normalized spacial score (nSPS) is 11.1. The average molecular weight is 339 g/mol. The monoisotopic (exact) mass is 339 g/mol. The summed E-state index contributed by atoms with van der Waals surface area (Å²) >= 11 is 5.10. The topological polar surface area (TPSA) is 92.2 Å². The zero-order valence-electron chi connectivity index (χ0n) is 13.5. The Morgan fingerprint density at radius 1 is 1.39 bits per heavy atom. The molecule has 3 N–H and O–H groups in total. The van der Waals surface area contributed by atoms with Gasteiger partial charge in [0.1, 0.15) is 0 Å². The molecule has 1 rings (SSSR count). The van der Waals surface area contributed by atoms with Crippen LogP contribution in [0.3, 0.4) is 0 Å². The summed E-state index contributed by atoms with van der Waals surface area (Å²) < 4.78 is 10.4. The molecule has 0 aliphatic rings. The second kappa shape index (κ2) is 8.94. The van der Waals surface area contributed by atoms with Gasteiger partial charge in [0.25, 0.3) is 0 Å². The van der Waals surface area contributed by atoms with Gasteiger partial charge < -0.3 is 19.9 Å². The van der Waals surface area contributed by atoms with Crippen molar-refractivity contribution in [3.8, 4) is 11.5 Å². The van der Waals surface area contributed by atoms with Gasteiger partial charge in [0.15, 0.2) is 23.2 Å². The molecule has 0 atom stereocenters. The van der Waals surface area contributed by atoms with Crippen LogP contribution in [-0.4, -0.2) is 41.7 Å². The molecule has 0 aliphatic heterocycles. The van der Waals surface area contributed by atoms with Crippen molar-refractivity contribution in [2.24, 2.45) is 5.10 Å². The Morgan fingerprint density at radius 2 is 2.09 bits per heavy atom. The van der Waals surface area contributed by atoms with Crippen LogP contribution in [0.2, 0.25) is 0 Å². The lowest BCUT2D eigenvalue weighted by Gasteiger charge is -2.12. The number of methoxy groups -OCH3 is 1. The number of hydrazone groups is 1. The number of carboxylic acids is 1. The quantitative estimate of drug-likeness (QED) is 0.396. The number of aliphatic carboxylic acids is 1. The van der Waals surface area contributed by atoms with E-state index in [9.17, 15) is 4.79 Å². The highest BCUT2D eigenvalue weighted by Gasteiger charge is 2.09. The molecule has 0 saturated carbocycles. The zero-order valence-corrected chi connectivity index (χ0v) is 14.4. The van der Waals surface area contributed by atoms with Crippen LogP contribution in [0.5, 0.6) is 11.5 Å². The maximum atomic E-state index is 10.6. The highest BCUT2D eigenvalue weighted by Crippen LogP contribution is 2.28. The van der Waals surface area contributed by atoms with E-state index in [2.05, 4.69) is 15.8 Å². The van der Waals surface area contributed by atoms with Crippen LogP contribution in [0.4, 0.5) is 0 Å². The lowest BCUT2D eigenvalue weighted by Crippen LogP contribution is -2.37. The highest BCUT2D eigenvalue weighted by atomic mass is 32.1. The van der Waals surface area contributed by atoms with Gasteiger partial charge in [-0.3, -0.25) is 5.43 Å². The number of hydrogen-bond donors (Lipinski definition) is 3. The second-order valence-corrected chi connectivity index (χ2v) is 5.39. The largest absolute Gasteiger partial charge is 0.493 e. The first-order valence-corrected chi connectivity index (χ1v) is 7.38. The van der Waals surface area contributed by atoms with Crippen LogP contribution >= 0.6 is 12.2 Å². The van der Waals surface area contributed by atoms with E-state index in [4.69, 9.17) is 26.8 Å². The number of rotatable bonds is 7. The Balaban J connectivity index is 2.83. The van der Waals surface area contributed by atoms with Gasteiger partial charge in [0.05, 0.1) is 12.8 Å². The third-order valence-corrected chi connectivity index (χ3v) is 2.89. The molecule has 0 saturated heterocycles.